The third-order valence-electron chi connectivity index (χ3n) is 5.01. The van der Waals surface area contributed by atoms with Crippen LogP contribution in [0.1, 0.15) is 43.0 Å². The lowest BCUT2D eigenvalue weighted by Crippen LogP contribution is -2.50. The molecule has 5 nitrogen and oxygen atoms in total. The minimum absolute atomic E-state index is 0.122. The molecule has 0 N–H and O–H groups in total. The molecule has 25 heavy (non-hydrogen) atoms. The van der Waals surface area contributed by atoms with E-state index in [1.807, 2.05) is 29.2 Å². The Bertz CT molecular complexity index is 532. The van der Waals surface area contributed by atoms with E-state index in [9.17, 15) is 4.79 Å². The summed E-state index contributed by atoms with van der Waals surface area (Å²) in [5.41, 5.74) is 0.746. The van der Waals surface area contributed by atoms with Gasteiger partial charge in [0.1, 0.15) is 5.75 Å². The number of ether oxygens (including phenoxy) is 2. The van der Waals surface area contributed by atoms with E-state index in [2.05, 4.69) is 11.8 Å². The molecule has 1 aromatic carbocycles. The van der Waals surface area contributed by atoms with Crippen LogP contribution in [0.25, 0.3) is 0 Å². The molecule has 5 heteroatoms. The smallest absolute Gasteiger partial charge is 0.253 e. The van der Waals surface area contributed by atoms with Crippen molar-refractivity contribution in [1.29, 1.82) is 0 Å². The summed E-state index contributed by atoms with van der Waals surface area (Å²) in [6.07, 6.45) is 4.92. The van der Waals surface area contributed by atoms with Crippen LogP contribution < -0.4 is 4.74 Å². The predicted molar refractivity (Wildman–Crippen MR) is 98.2 cm³/mol. The van der Waals surface area contributed by atoms with Crippen LogP contribution in [-0.4, -0.2) is 67.7 Å². The predicted octanol–water partition coefficient (Wildman–Crippen LogP) is 2.80. The molecular weight excluding hydrogens is 316 g/mol. The number of carbonyl (C=O) groups is 1. The Morgan fingerprint density at radius 1 is 1.20 bits per heavy atom. The molecule has 2 aliphatic heterocycles. The molecule has 1 aromatic rings. The second-order valence-electron chi connectivity index (χ2n) is 6.95. The first-order chi connectivity index (χ1) is 12.3. The summed E-state index contributed by atoms with van der Waals surface area (Å²) in [7, 11) is 0. The Morgan fingerprint density at radius 2 is 1.96 bits per heavy atom. The van der Waals surface area contributed by atoms with Crippen LogP contribution in [0.2, 0.25) is 0 Å². The molecule has 0 aliphatic carbocycles. The van der Waals surface area contributed by atoms with E-state index in [-0.39, 0.29) is 5.91 Å². The zero-order valence-electron chi connectivity index (χ0n) is 15.3. The van der Waals surface area contributed by atoms with Gasteiger partial charge < -0.3 is 14.4 Å². The van der Waals surface area contributed by atoms with Gasteiger partial charge in [0.2, 0.25) is 0 Å². The first-order valence-corrected chi connectivity index (χ1v) is 9.62. The van der Waals surface area contributed by atoms with Crippen molar-refractivity contribution in [3.8, 4) is 5.75 Å². The molecule has 2 aliphatic rings. The van der Waals surface area contributed by atoms with Gasteiger partial charge >= 0.3 is 0 Å². The highest BCUT2D eigenvalue weighted by molar-refractivity contribution is 5.94. The molecule has 0 aromatic heterocycles. The number of hydrogen-bond acceptors (Lipinski definition) is 4. The van der Waals surface area contributed by atoms with E-state index in [1.165, 1.54) is 12.8 Å². The molecule has 138 valence electrons. The van der Waals surface area contributed by atoms with Crippen LogP contribution in [0.3, 0.4) is 0 Å². The molecule has 1 amide bonds. The van der Waals surface area contributed by atoms with Crippen LogP contribution >= 0.6 is 0 Å². The van der Waals surface area contributed by atoms with Gasteiger partial charge in [0, 0.05) is 44.9 Å². The highest BCUT2D eigenvalue weighted by Crippen LogP contribution is 2.17. The van der Waals surface area contributed by atoms with E-state index < -0.39 is 0 Å². The molecule has 0 saturated carbocycles. The molecule has 2 fully saturated rings. The van der Waals surface area contributed by atoms with Gasteiger partial charge in [-0.05, 0) is 43.5 Å². The fraction of sp³-hybridized carbons (Fsp3) is 0.650. The Kier molecular flexibility index (Phi) is 6.70. The van der Waals surface area contributed by atoms with E-state index in [1.54, 1.807) is 0 Å². The lowest BCUT2D eigenvalue weighted by Gasteiger charge is -2.35. The standard InChI is InChI=1S/C20H30N2O3/c1-2-3-14-24-18-8-6-17(7-9-18)20(23)22-12-10-21(11-13-22)16-19-5-4-15-25-19/h6-9,19H,2-5,10-16H2,1H3. The Labute approximate surface area is 150 Å². The summed E-state index contributed by atoms with van der Waals surface area (Å²) in [6, 6.07) is 7.55. The number of hydrogen-bond donors (Lipinski definition) is 0. The summed E-state index contributed by atoms with van der Waals surface area (Å²) in [4.78, 5) is 17.0. The monoisotopic (exact) mass is 346 g/mol. The normalized spacial score (nSPS) is 21.5. The zero-order chi connectivity index (χ0) is 17.5. The summed E-state index contributed by atoms with van der Waals surface area (Å²) < 4.78 is 11.4. The molecule has 0 bridgehead atoms. The van der Waals surface area contributed by atoms with Crippen molar-refractivity contribution in [3.05, 3.63) is 29.8 Å². The first kappa shape index (κ1) is 18.2. The van der Waals surface area contributed by atoms with Gasteiger partial charge in [0.25, 0.3) is 5.91 Å². The molecule has 2 heterocycles. The number of nitrogens with zero attached hydrogens (tertiary/aromatic N) is 2. The number of benzene rings is 1. The molecule has 1 atom stereocenters. The average molecular weight is 346 g/mol. The van der Waals surface area contributed by atoms with Crippen molar-refractivity contribution in [1.82, 2.24) is 9.80 Å². The van der Waals surface area contributed by atoms with Crippen molar-refractivity contribution >= 4 is 5.91 Å². The fourth-order valence-electron chi connectivity index (χ4n) is 3.42. The molecular formula is C20H30N2O3. The first-order valence-electron chi connectivity index (χ1n) is 9.62. The second kappa shape index (κ2) is 9.20. The molecule has 3 rings (SSSR count). The van der Waals surface area contributed by atoms with Crippen molar-refractivity contribution in [2.75, 3.05) is 45.9 Å². The van der Waals surface area contributed by atoms with Crippen molar-refractivity contribution < 1.29 is 14.3 Å². The summed E-state index contributed by atoms with van der Waals surface area (Å²) in [6.45, 7) is 8.24. The van der Waals surface area contributed by atoms with Crippen LogP contribution in [0.15, 0.2) is 24.3 Å². The zero-order valence-corrected chi connectivity index (χ0v) is 15.3. The van der Waals surface area contributed by atoms with Crippen molar-refractivity contribution in [3.63, 3.8) is 0 Å². The molecule has 0 spiro atoms. The second-order valence-corrected chi connectivity index (χ2v) is 6.95. The van der Waals surface area contributed by atoms with Gasteiger partial charge in [-0.1, -0.05) is 13.3 Å². The minimum atomic E-state index is 0.122. The largest absolute Gasteiger partial charge is 0.494 e. The maximum absolute atomic E-state index is 12.7. The van der Waals surface area contributed by atoms with Gasteiger partial charge in [-0.25, -0.2) is 0 Å². The van der Waals surface area contributed by atoms with Crippen molar-refractivity contribution in [2.45, 2.75) is 38.7 Å². The van der Waals surface area contributed by atoms with Gasteiger partial charge in [0.15, 0.2) is 0 Å². The summed E-state index contributed by atoms with van der Waals surface area (Å²) in [5, 5.41) is 0. The van der Waals surface area contributed by atoms with Crippen LogP contribution in [-0.2, 0) is 4.74 Å². The van der Waals surface area contributed by atoms with E-state index in [0.29, 0.717) is 6.10 Å². The van der Waals surface area contributed by atoms with E-state index in [4.69, 9.17) is 9.47 Å². The molecule has 1 unspecified atom stereocenters. The Balaban J connectivity index is 1.45. The van der Waals surface area contributed by atoms with E-state index >= 15 is 0 Å². The van der Waals surface area contributed by atoms with Crippen LogP contribution in [0.5, 0.6) is 5.75 Å². The molecule has 2 saturated heterocycles. The number of unbranched alkanes of at least 4 members (excludes halogenated alkanes) is 1. The van der Waals surface area contributed by atoms with E-state index in [0.717, 1.165) is 70.1 Å². The average Bonchev–Trinajstić information content (AvgIpc) is 3.16. The van der Waals surface area contributed by atoms with Gasteiger partial charge in [-0.2, -0.15) is 0 Å². The topological polar surface area (TPSA) is 42.0 Å². The summed E-state index contributed by atoms with van der Waals surface area (Å²) >= 11 is 0. The van der Waals surface area contributed by atoms with Crippen LogP contribution in [0, 0.1) is 0 Å². The summed E-state index contributed by atoms with van der Waals surface area (Å²) in [5.74, 6) is 0.961. The van der Waals surface area contributed by atoms with Gasteiger partial charge in [-0.3, -0.25) is 9.69 Å². The quantitative estimate of drug-likeness (QED) is 0.712. The number of amides is 1. The highest BCUT2D eigenvalue weighted by Gasteiger charge is 2.25. The van der Waals surface area contributed by atoms with Gasteiger partial charge in [-0.15, -0.1) is 0 Å². The lowest BCUT2D eigenvalue weighted by atomic mass is 10.1. The Morgan fingerprint density at radius 3 is 2.60 bits per heavy atom. The number of piperazine rings is 1. The van der Waals surface area contributed by atoms with Crippen molar-refractivity contribution in [2.24, 2.45) is 0 Å². The Hall–Kier alpha value is -1.59. The fourth-order valence-corrected chi connectivity index (χ4v) is 3.42. The molecule has 0 radical (unpaired) electrons. The third kappa shape index (κ3) is 5.19. The SMILES string of the molecule is CCCCOc1ccc(C(=O)N2CCN(CC3CCCO3)CC2)cc1. The van der Waals surface area contributed by atoms with Crippen LogP contribution in [0.4, 0.5) is 0 Å². The maximum atomic E-state index is 12.7. The number of carbonyl (C=O) groups excluding carboxylic acids is 1. The number of rotatable bonds is 7. The highest BCUT2D eigenvalue weighted by atomic mass is 16.5. The maximum Gasteiger partial charge on any atom is 0.253 e. The lowest BCUT2D eigenvalue weighted by molar-refractivity contribution is 0.0432. The van der Waals surface area contributed by atoms with Gasteiger partial charge in [0.05, 0.1) is 12.7 Å². The minimum Gasteiger partial charge on any atom is -0.494 e. The third-order valence-corrected chi connectivity index (χ3v) is 5.01.